The molecule has 6 heteroatoms. The molecule has 152 valence electrons. The first kappa shape index (κ1) is 19.3. The molecule has 1 aromatic heterocycles. The summed E-state index contributed by atoms with van der Waals surface area (Å²) in [5, 5.41) is 11.1. The number of ketones is 1. The summed E-state index contributed by atoms with van der Waals surface area (Å²) in [4.78, 5) is 27.2. The van der Waals surface area contributed by atoms with Crippen molar-refractivity contribution in [2.45, 2.75) is 45.1 Å². The van der Waals surface area contributed by atoms with Crippen LogP contribution in [0.1, 0.15) is 55.5 Å². The summed E-state index contributed by atoms with van der Waals surface area (Å²) in [6.07, 6.45) is 6.02. The number of furan rings is 1. The molecule has 2 aromatic rings. The molecule has 0 aliphatic carbocycles. The normalized spacial score (nSPS) is 20.6. The van der Waals surface area contributed by atoms with Crippen molar-refractivity contribution in [2.75, 3.05) is 13.2 Å². The van der Waals surface area contributed by atoms with Crippen LogP contribution in [0, 0.1) is 0 Å². The Morgan fingerprint density at radius 3 is 2.86 bits per heavy atom. The van der Waals surface area contributed by atoms with Crippen LogP contribution in [0.5, 0.6) is 5.75 Å². The Kier molecular flexibility index (Phi) is 5.43. The predicted molar refractivity (Wildman–Crippen MR) is 108 cm³/mol. The van der Waals surface area contributed by atoms with E-state index in [9.17, 15) is 14.7 Å². The highest BCUT2D eigenvalue weighted by Gasteiger charge is 2.47. The molecule has 2 aliphatic heterocycles. The number of carbonyl (C=O) groups is 2. The summed E-state index contributed by atoms with van der Waals surface area (Å²) in [5.41, 5.74) is 1.59. The molecule has 2 aliphatic rings. The number of unbranched alkanes of at least 4 members (excludes halogenated alkanes) is 2. The molecule has 0 bridgehead atoms. The van der Waals surface area contributed by atoms with Crippen LogP contribution in [0.3, 0.4) is 0 Å². The lowest BCUT2D eigenvalue weighted by molar-refractivity contribution is -0.140. The number of carbonyl (C=O) groups excluding carboxylic acids is 2. The number of aliphatic hydroxyl groups is 1. The highest BCUT2D eigenvalue weighted by molar-refractivity contribution is 6.46. The number of likely N-dealkylation sites (tertiary alicyclic amines) is 1. The fourth-order valence-corrected chi connectivity index (χ4v) is 4.05. The van der Waals surface area contributed by atoms with Crippen molar-refractivity contribution >= 4 is 17.4 Å². The number of amides is 1. The molecular formula is C23H25NO5. The van der Waals surface area contributed by atoms with Crippen molar-refractivity contribution in [2.24, 2.45) is 0 Å². The van der Waals surface area contributed by atoms with Crippen molar-refractivity contribution in [3.63, 3.8) is 0 Å². The SMILES string of the molecule is CCCCCN1C(=O)C(=O)/C(=C(\O)c2ccc3c(c2)CCCO3)C1c1ccco1. The predicted octanol–water partition coefficient (Wildman–Crippen LogP) is 4.22. The lowest BCUT2D eigenvalue weighted by atomic mass is 9.96. The topological polar surface area (TPSA) is 80.0 Å². The van der Waals surface area contributed by atoms with Gasteiger partial charge in [0.15, 0.2) is 0 Å². The van der Waals surface area contributed by atoms with Crippen LogP contribution in [-0.2, 0) is 16.0 Å². The Hall–Kier alpha value is -3.02. The molecule has 3 heterocycles. The molecule has 1 aromatic carbocycles. The van der Waals surface area contributed by atoms with E-state index in [0.29, 0.717) is 24.5 Å². The van der Waals surface area contributed by atoms with E-state index in [-0.39, 0.29) is 11.3 Å². The second kappa shape index (κ2) is 8.15. The first-order valence-electron chi connectivity index (χ1n) is 10.2. The quantitative estimate of drug-likeness (QED) is 0.343. The lowest BCUT2D eigenvalue weighted by Gasteiger charge is -2.23. The summed E-state index contributed by atoms with van der Waals surface area (Å²) < 4.78 is 11.2. The largest absolute Gasteiger partial charge is 0.507 e. The van der Waals surface area contributed by atoms with Crippen LogP contribution in [0.25, 0.3) is 5.76 Å². The highest BCUT2D eigenvalue weighted by Crippen LogP contribution is 2.40. The van der Waals surface area contributed by atoms with Crippen LogP contribution in [0.15, 0.2) is 46.6 Å². The zero-order valence-electron chi connectivity index (χ0n) is 16.5. The molecule has 1 fully saturated rings. The minimum Gasteiger partial charge on any atom is -0.507 e. The Morgan fingerprint density at radius 1 is 1.24 bits per heavy atom. The van der Waals surface area contributed by atoms with Crippen molar-refractivity contribution in [3.05, 3.63) is 59.1 Å². The standard InChI is InChI=1S/C23H25NO5/c1-2-3-4-11-24-20(18-8-6-13-29-18)19(22(26)23(24)27)21(25)16-9-10-17-15(14-16)7-5-12-28-17/h6,8-10,13-14,20,25H,2-5,7,11-12H2,1H3/b21-19-. The van der Waals surface area contributed by atoms with Gasteiger partial charge in [-0.25, -0.2) is 0 Å². The molecule has 4 rings (SSSR count). The van der Waals surface area contributed by atoms with Gasteiger partial charge in [0.05, 0.1) is 18.4 Å². The first-order valence-corrected chi connectivity index (χ1v) is 10.2. The number of hydrogen-bond acceptors (Lipinski definition) is 5. The van der Waals surface area contributed by atoms with Crippen molar-refractivity contribution in [3.8, 4) is 5.75 Å². The molecule has 1 atom stereocenters. The fraction of sp³-hybridized carbons (Fsp3) is 0.391. The lowest BCUT2D eigenvalue weighted by Crippen LogP contribution is -2.30. The van der Waals surface area contributed by atoms with Gasteiger partial charge in [0.2, 0.25) is 0 Å². The number of hydrogen-bond donors (Lipinski definition) is 1. The average Bonchev–Trinajstić information content (AvgIpc) is 3.35. The third-order valence-electron chi connectivity index (χ3n) is 5.54. The summed E-state index contributed by atoms with van der Waals surface area (Å²) in [6, 6.07) is 8.11. The van der Waals surface area contributed by atoms with E-state index in [2.05, 4.69) is 6.92 Å². The molecule has 1 N–H and O–H groups in total. The Balaban J connectivity index is 1.77. The van der Waals surface area contributed by atoms with E-state index in [0.717, 1.165) is 43.4 Å². The maximum Gasteiger partial charge on any atom is 0.295 e. The van der Waals surface area contributed by atoms with Gasteiger partial charge in [-0.05, 0) is 55.2 Å². The number of benzene rings is 1. The first-order chi connectivity index (χ1) is 14.1. The minimum absolute atomic E-state index is 0.0816. The summed E-state index contributed by atoms with van der Waals surface area (Å²) in [5.74, 6) is -0.158. The van der Waals surface area contributed by atoms with Crippen molar-refractivity contribution < 1.29 is 23.8 Å². The van der Waals surface area contributed by atoms with E-state index in [4.69, 9.17) is 9.15 Å². The second-order valence-electron chi connectivity index (χ2n) is 7.49. The van der Waals surface area contributed by atoms with Crippen LogP contribution in [0.4, 0.5) is 0 Å². The van der Waals surface area contributed by atoms with Crippen LogP contribution in [-0.4, -0.2) is 34.8 Å². The number of ether oxygens (including phenoxy) is 1. The van der Waals surface area contributed by atoms with E-state index in [1.165, 1.54) is 11.2 Å². The molecule has 1 saturated heterocycles. The molecule has 1 unspecified atom stereocenters. The molecule has 1 amide bonds. The van der Waals surface area contributed by atoms with E-state index in [1.807, 2.05) is 12.1 Å². The van der Waals surface area contributed by atoms with Gasteiger partial charge in [-0.1, -0.05) is 19.8 Å². The monoisotopic (exact) mass is 395 g/mol. The van der Waals surface area contributed by atoms with Gasteiger partial charge >= 0.3 is 0 Å². The van der Waals surface area contributed by atoms with Crippen LogP contribution >= 0.6 is 0 Å². The zero-order chi connectivity index (χ0) is 20.4. The summed E-state index contributed by atoms with van der Waals surface area (Å²) in [7, 11) is 0. The van der Waals surface area contributed by atoms with E-state index in [1.54, 1.807) is 18.2 Å². The molecule has 0 spiro atoms. The molecular weight excluding hydrogens is 370 g/mol. The number of aliphatic hydroxyl groups excluding tert-OH is 1. The summed E-state index contributed by atoms with van der Waals surface area (Å²) in [6.45, 7) is 3.20. The number of fused-ring (bicyclic) bond motifs is 1. The number of aryl methyl sites for hydroxylation is 1. The van der Waals surface area contributed by atoms with Gasteiger partial charge in [-0.3, -0.25) is 9.59 Å². The molecule has 0 saturated carbocycles. The minimum atomic E-state index is -0.714. The van der Waals surface area contributed by atoms with Gasteiger partial charge in [-0.2, -0.15) is 0 Å². The Labute approximate surface area is 169 Å². The van der Waals surface area contributed by atoms with E-state index >= 15 is 0 Å². The number of nitrogens with zero attached hydrogens (tertiary/aromatic N) is 1. The van der Waals surface area contributed by atoms with Gasteiger partial charge in [0, 0.05) is 12.1 Å². The maximum atomic E-state index is 12.9. The van der Waals surface area contributed by atoms with Gasteiger partial charge < -0.3 is 19.2 Å². The number of Topliss-reactive ketones (excluding diaryl/α,β-unsaturated/α-hetero) is 1. The summed E-state index contributed by atoms with van der Waals surface area (Å²) >= 11 is 0. The highest BCUT2D eigenvalue weighted by atomic mass is 16.5. The Bertz CT molecular complexity index is 944. The fourth-order valence-electron chi connectivity index (χ4n) is 4.05. The van der Waals surface area contributed by atoms with Gasteiger partial charge in [0.1, 0.15) is 23.3 Å². The van der Waals surface area contributed by atoms with Crippen molar-refractivity contribution in [1.29, 1.82) is 0 Å². The molecule has 0 radical (unpaired) electrons. The third-order valence-corrected chi connectivity index (χ3v) is 5.54. The van der Waals surface area contributed by atoms with Gasteiger partial charge in [-0.15, -0.1) is 0 Å². The zero-order valence-corrected chi connectivity index (χ0v) is 16.5. The van der Waals surface area contributed by atoms with E-state index < -0.39 is 17.7 Å². The number of rotatable bonds is 6. The van der Waals surface area contributed by atoms with Crippen LogP contribution in [0.2, 0.25) is 0 Å². The third kappa shape index (κ3) is 3.55. The molecule has 29 heavy (non-hydrogen) atoms. The van der Waals surface area contributed by atoms with Crippen LogP contribution < -0.4 is 4.74 Å². The smallest absolute Gasteiger partial charge is 0.295 e. The molecule has 6 nitrogen and oxygen atoms in total. The van der Waals surface area contributed by atoms with Gasteiger partial charge in [0.25, 0.3) is 11.7 Å². The maximum absolute atomic E-state index is 12.9. The second-order valence-corrected chi connectivity index (χ2v) is 7.49. The van der Waals surface area contributed by atoms with Crippen molar-refractivity contribution in [1.82, 2.24) is 4.90 Å². The average molecular weight is 395 g/mol. The Morgan fingerprint density at radius 2 is 2.10 bits per heavy atom.